The third-order valence-corrected chi connectivity index (χ3v) is 4.10. The third kappa shape index (κ3) is 5.13. The van der Waals surface area contributed by atoms with Crippen LogP contribution in [0, 0.1) is 12.3 Å². The molecular formula is C18H18Cl3NO. The fraction of sp³-hybridized carbons (Fsp3) is 0.278. The normalized spacial score (nSPS) is 12.0. The Kier molecular flexibility index (Phi) is 6.34. The lowest BCUT2D eigenvalue weighted by Gasteiger charge is -2.12. The number of nitrogens with one attached hydrogen (secondary N) is 1. The first-order chi connectivity index (χ1) is 10.9. The van der Waals surface area contributed by atoms with Crippen LogP contribution in [0.4, 0.5) is 0 Å². The summed E-state index contributed by atoms with van der Waals surface area (Å²) in [4.78, 5) is 0. The minimum atomic E-state index is -1.80. The highest BCUT2D eigenvalue weighted by molar-refractivity contribution is 6.76. The Bertz CT molecular complexity index is 720. The molecule has 0 aliphatic carbocycles. The van der Waals surface area contributed by atoms with Gasteiger partial charge in [-0.3, -0.25) is 5.41 Å². The zero-order valence-electron chi connectivity index (χ0n) is 12.8. The van der Waals surface area contributed by atoms with Crippen LogP contribution in [0.5, 0.6) is 0 Å². The summed E-state index contributed by atoms with van der Waals surface area (Å²) in [7, 11) is 0. The average Bonchev–Trinajstić information content (AvgIpc) is 2.51. The fourth-order valence-corrected chi connectivity index (χ4v) is 2.57. The summed E-state index contributed by atoms with van der Waals surface area (Å²) in [5.41, 5.74) is 2.66. The Morgan fingerprint density at radius 1 is 1.13 bits per heavy atom. The molecule has 0 aliphatic heterocycles. The molecule has 0 unspecified atom stereocenters. The highest BCUT2D eigenvalue weighted by atomic mass is 35.6. The molecule has 1 N–H and O–H groups in total. The fourth-order valence-electron chi connectivity index (χ4n) is 2.40. The highest BCUT2D eigenvalue weighted by Gasteiger charge is 2.28. The molecule has 0 amide bonds. The van der Waals surface area contributed by atoms with Crippen LogP contribution in [0.15, 0.2) is 48.6 Å². The Morgan fingerprint density at radius 3 is 2.61 bits per heavy atom. The summed E-state index contributed by atoms with van der Waals surface area (Å²) in [5, 5.41) is 9.98. The van der Waals surface area contributed by atoms with E-state index in [1.807, 2.05) is 12.2 Å². The number of allylic oxidation sites excluding steroid dienone is 1. The van der Waals surface area contributed by atoms with Crippen molar-refractivity contribution in [2.75, 3.05) is 6.61 Å². The number of hydrogen-bond acceptors (Lipinski definition) is 2. The van der Waals surface area contributed by atoms with Gasteiger partial charge in [-0.15, -0.1) is 0 Å². The lowest BCUT2D eigenvalue weighted by Crippen LogP contribution is -2.21. The van der Waals surface area contributed by atoms with Crippen molar-refractivity contribution in [1.82, 2.24) is 0 Å². The van der Waals surface area contributed by atoms with Crippen molar-refractivity contribution in [1.29, 1.82) is 5.41 Å². The monoisotopic (exact) mass is 369 g/mol. The van der Waals surface area contributed by atoms with Gasteiger partial charge in [-0.25, -0.2) is 0 Å². The lowest BCUT2D eigenvalue weighted by molar-refractivity contribution is 0.339. The van der Waals surface area contributed by atoms with E-state index in [1.165, 1.54) is 21.9 Å². The first-order valence-electron chi connectivity index (χ1n) is 7.30. The molecule has 0 aliphatic rings. The predicted molar refractivity (Wildman–Crippen MR) is 100 cm³/mol. The smallest absolute Gasteiger partial charge is 0.265 e. The number of benzene rings is 2. The maximum absolute atomic E-state index is 7.42. The molecule has 0 radical (unpaired) electrons. The second-order valence-electron chi connectivity index (χ2n) is 5.23. The van der Waals surface area contributed by atoms with E-state index < -0.39 is 3.79 Å². The molecule has 23 heavy (non-hydrogen) atoms. The van der Waals surface area contributed by atoms with Crippen LogP contribution in [0.3, 0.4) is 0 Å². The van der Waals surface area contributed by atoms with Crippen molar-refractivity contribution in [3.05, 3.63) is 59.7 Å². The van der Waals surface area contributed by atoms with Gasteiger partial charge in [-0.1, -0.05) is 83.4 Å². The number of aryl methyl sites for hydroxylation is 2. The second kappa shape index (κ2) is 8.05. The van der Waals surface area contributed by atoms with Gasteiger partial charge in [0.2, 0.25) is 5.90 Å². The predicted octanol–water partition coefficient (Wildman–Crippen LogP) is 6.00. The van der Waals surface area contributed by atoms with E-state index in [4.69, 9.17) is 44.9 Å². The van der Waals surface area contributed by atoms with Gasteiger partial charge in [0.05, 0.1) is 0 Å². The first-order valence-corrected chi connectivity index (χ1v) is 8.44. The van der Waals surface area contributed by atoms with E-state index in [0.29, 0.717) is 0 Å². The molecular weight excluding hydrogens is 353 g/mol. The van der Waals surface area contributed by atoms with Crippen LogP contribution in [-0.2, 0) is 11.2 Å². The van der Waals surface area contributed by atoms with E-state index in [-0.39, 0.29) is 12.5 Å². The topological polar surface area (TPSA) is 33.1 Å². The summed E-state index contributed by atoms with van der Waals surface area (Å²) in [5.74, 6) is -0.364. The summed E-state index contributed by atoms with van der Waals surface area (Å²) in [6.45, 7) is 2.36. The molecule has 0 heterocycles. The summed E-state index contributed by atoms with van der Waals surface area (Å²) >= 11 is 16.6. The van der Waals surface area contributed by atoms with Gasteiger partial charge in [-0.05, 0) is 41.7 Å². The zero-order valence-corrected chi connectivity index (χ0v) is 15.1. The molecule has 122 valence electrons. The lowest BCUT2D eigenvalue weighted by atomic mass is 9.96. The molecule has 5 heteroatoms. The van der Waals surface area contributed by atoms with Crippen molar-refractivity contribution in [2.24, 2.45) is 0 Å². The van der Waals surface area contributed by atoms with E-state index in [1.54, 1.807) is 0 Å². The molecule has 0 aromatic heterocycles. The summed E-state index contributed by atoms with van der Waals surface area (Å²) in [6, 6.07) is 12.7. The zero-order chi connectivity index (χ0) is 16.9. The van der Waals surface area contributed by atoms with E-state index in [0.717, 1.165) is 12.8 Å². The number of ether oxygens (including phenoxy) is 1. The summed E-state index contributed by atoms with van der Waals surface area (Å²) < 4.78 is 3.26. The molecule has 2 aromatic carbocycles. The number of fused-ring (bicyclic) bond motifs is 1. The maximum atomic E-state index is 7.42. The minimum absolute atomic E-state index is 0.223. The maximum Gasteiger partial charge on any atom is 0.265 e. The Balaban J connectivity index is 1.91. The van der Waals surface area contributed by atoms with Gasteiger partial charge >= 0.3 is 0 Å². The Labute approximate surface area is 151 Å². The number of hydrogen-bond donors (Lipinski definition) is 1. The van der Waals surface area contributed by atoms with Crippen LogP contribution in [-0.4, -0.2) is 16.3 Å². The van der Waals surface area contributed by atoms with Crippen LogP contribution in [0.1, 0.15) is 17.5 Å². The van der Waals surface area contributed by atoms with Gasteiger partial charge in [0.25, 0.3) is 3.79 Å². The number of halogens is 3. The molecule has 0 fully saturated rings. The van der Waals surface area contributed by atoms with Crippen molar-refractivity contribution in [3.63, 3.8) is 0 Å². The van der Waals surface area contributed by atoms with Crippen LogP contribution < -0.4 is 0 Å². The summed E-state index contributed by atoms with van der Waals surface area (Å²) in [6.07, 6.45) is 5.70. The first kappa shape index (κ1) is 18.1. The van der Waals surface area contributed by atoms with Gasteiger partial charge < -0.3 is 4.74 Å². The number of rotatable bonds is 5. The molecule has 2 nitrogen and oxygen atoms in total. The van der Waals surface area contributed by atoms with Crippen molar-refractivity contribution in [3.8, 4) is 0 Å². The standard InChI is InChI=1S/C18H18Cl3NO/c1-13-10-11-14-7-4-5-9-16(14)15(13)8-3-2-6-12-23-17(22)18(19,20)21/h2,4-7,9-11,22H,3,8,12H2,1H3/b6-2-,22-17?. The van der Waals surface area contributed by atoms with E-state index in [9.17, 15) is 0 Å². The van der Waals surface area contributed by atoms with E-state index in [2.05, 4.69) is 43.3 Å². The molecule has 2 aromatic rings. The second-order valence-corrected chi connectivity index (χ2v) is 7.51. The molecule has 0 atom stereocenters. The van der Waals surface area contributed by atoms with Crippen molar-refractivity contribution < 1.29 is 4.74 Å². The largest absolute Gasteiger partial charge is 0.474 e. The SMILES string of the molecule is Cc1ccc2ccccc2c1CC/C=C\COC(=N)C(Cl)(Cl)Cl. The van der Waals surface area contributed by atoms with Gasteiger partial charge in [0, 0.05) is 0 Å². The highest BCUT2D eigenvalue weighted by Crippen LogP contribution is 2.27. The Hall–Kier alpha value is -1.22. The third-order valence-electron chi connectivity index (χ3n) is 3.58. The average molecular weight is 371 g/mol. The molecule has 0 bridgehead atoms. The van der Waals surface area contributed by atoms with Gasteiger partial charge in [0.15, 0.2) is 0 Å². The van der Waals surface area contributed by atoms with Crippen molar-refractivity contribution >= 4 is 51.5 Å². The van der Waals surface area contributed by atoms with Gasteiger partial charge in [0.1, 0.15) is 6.61 Å². The van der Waals surface area contributed by atoms with E-state index >= 15 is 0 Å². The minimum Gasteiger partial charge on any atom is -0.474 e. The molecule has 0 saturated carbocycles. The quantitative estimate of drug-likeness (QED) is 0.298. The Morgan fingerprint density at radius 2 is 1.87 bits per heavy atom. The van der Waals surface area contributed by atoms with Crippen LogP contribution in [0.2, 0.25) is 0 Å². The van der Waals surface area contributed by atoms with Gasteiger partial charge in [-0.2, -0.15) is 0 Å². The molecule has 0 saturated heterocycles. The van der Waals surface area contributed by atoms with Crippen molar-refractivity contribution in [2.45, 2.75) is 23.6 Å². The van der Waals surface area contributed by atoms with Crippen LogP contribution in [0.25, 0.3) is 10.8 Å². The molecule has 0 spiro atoms. The molecule has 2 rings (SSSR count). The number of alkyl halides is 3. The van der Waals surface area contributed by atoms with Crippen LogP contribution >= 0.6 is 34.8 Å².